The Bertz CT molecular complexity index is 808. The highest BCUT2D eigenvalue weighted by atomic mass is 16.5. The van der Waals surface area contributed by atoms with Crippen LogP contribution in [0.5, 0.6) is 5.75 Å². The fourth-order valence-corrected chi connectivity index (χ4v) is 3.70. The van der Waals surface area contributed by atoms with Crippen LogP contribution in [0.15, 0.2) is 48.8 Å². The maximum absolute atomic E-state index is 12.5. The van der Waals surface area contributed by atoms with Gasteiger partial charge in [-0.05, 0) is 61.4 Å². The number of aromatic nitrogens is 1. The van der Waals surface area contributed by atoms with E-state index < -0.39 is 0 Å². The number of benzene rings is 1. The van der Waals surface area contributed by atoms with Crippen LogP contribution in [0.4, 0.5) is 0 Å². The molecule has 6 nitrogen and oxygen atoms in total. The van der Waals surface area contributed by atoms with Gasteiger partial charge < -0.3 is 15.0 Å². The number of amides is 2. The summed E-state index contributed by atoms with van der Waals surface area (Å²) in [5, 5.41) is 2.93. The summed E-state index contributed by atoms with van der Waals surface area (Å²) < 4.78 is 5.84. The molecule has 1 saturated heterocycles. The smallest absolute Gasteiger partial charge is 0.242 e. The summed E-state index contributed by atoms with van der Waals surface area (Å²) in [5.74, 6) is 0.779. The van der Waals surface area contributed by atoms with E-state index in [9.17, 15) is 9.59 Å². The first-order chi connectivity index (χ1) is 14.7. The molecular weight excluding hydrogens is 378 g/mol. The zero-order valence-corrected chi connectivity index (χ0v) is 17.7. The maximum atomic E-state index is 12.5. The van der Waals surface area contributed by atoms with Gasteiger partial charge in [0.2, 0.25) is 11.8 Å². The summed E-state index contributed by atoms with van der Waals surface area (Å²) in [4.78, 5) is 30.8. The molecule has 0 radical (unpaired) electrons. The lowest BCUT2D eigenvalue weighted by molar-refractivity contribution is -0.141. The second-order valence-electron chi connectivity index (χ2n) is 7.64. The van der Waals surface area contributed by atoms with Crippen molar-refractivity contribution in [3.8, 4) is 5.75 Å². The summed E-state index contributed by atoms with van der Waals surface area (Å²) in [5.41, 5.74) is 2.20. The first-order valence-electron chi connectivity index (χ1n) is 10.8. The molecule has 3 rings (SSSR count). The summed E-state index contributed by atoms with van der Waals surface area (Å²) >= 11 is 0. The van der Waals surface area contributed by atoms with Crippen LogP contribution < -0.4 is 10.1 Å². The highest BCUT2D eigenvalue weighted by Gasteiger charge is 2.29. The van der Waals surface area contributed by atoms with Crippen molar-refractivity contribution in [3.63, 3.8) is 0 Å². The number of hydrogen-bond donors (Lipinski definition) is 1. The second-order valence-corrected chi connectivity index (χ2v) is 7.64. The van der Waals surface area contributed by atoms with Gasteiger partial charge in [0.15, 0.2) is 0 Å². The standard InChI is InChI=1S/C24H31N3O3/c1-2-23(28)27(22-9-3-4-15-26-24(22)29)18-20-10-12-21(13-11-20)30-16-6-8-19-7-5-14-25-17-19/h5,7,10-14,17,22H,2-4,6,8-9,15-16,18H2,1H3,(H,26,29)/t22-/m0/s1. The van der Waals surface area contributed by atoms with Gasteiger partial charge in [0.1, 0.15) is 11.8 Å². The summed E-state index contributed by atoms with van der Waals surface area (Å²) in [6, 6.07) is 11.4. The molecule has 1 aromatic heterocycles. The number of nitrogens with zero attached hydrogens (tertiary/aromatic N) is 2. The third kappa shape index (κ3) is 6.31. The minimum Gasteiger partial charge on any atom is -0.494 e. The molecule has 1 aliphatic rings. The van der Waals surface area contributed by atoms with E-state index in [1.807, 2.05) is 43.5 Å². The number of carbonyl (C=O) groups is 2. The van der Waals surface area contributed by atoms with Crippen molar-refractivity contribution < 1.29 is 14.3 Å². The Morgan fingerprint density at radius 1 is 1.20 bits per heavy atom. The van der Waals surface area contributed by atoms with Gasteiger partial charge in [-0.3, -0.25) is 14.6 Å². The number of ether oxygens (including phenoxy) is 1. The van der Waals surface area contributed by atoms with Crippen LogP contribution in [0.1, 0.15) is 50.2 Å². The van der Waals surface area contributed by atoms with Crippen molar-refractivity contribution in [1.29, 1.82) is 0 Å². The molecule has 1 N–H and O–H groups in total. The van der Waals surface area contributed by atoms with Gasteiger partial charge in [0.05, 0.1) is 6.61 Å². The van der Waals surface area contributed by atoms with Gasteiger partial charge in [0.25, 0.3) is 0 Å². The number of nitrogens with one attached hydrogen (secondary N) is 1. The van der Waals surface area contributed by atoms with Gasteiger partial charge in [0, 0.05) is 31.9 Å². The van der Waals surface area contributed by atoms with Crippen molar-refractivity contribution in [3.05, 3.63) is 59.9 Å². The normalized spacial score (nSPS) is 16.4. The number of carbonyl (C=O) groups excluding carboxylic acids is 2. The molecular formula is C24H31N3O3. The van der Waals surface area contributed by atoms with Crippen LogP contribution in [0, 0.1) is 0 Å². The second kappa shape index (κ2) is 11.3. The Morgan fingerprint density at radius 2 is 2.03 bits per heavy atom. The van der Waals surface area contributed by atoms with Crippen LogP contribution in [-0.2, 0) is 22.6 Å². The van der Waals surface area contributed by atoms with E-state index in [0.29, 0.717) is 26.1 Å². The third-order valence-corrected chi connectivity index (χ3v) is 5.38. The van der Waals surface area contributed by atoms with Gasteiger partial charge >= 0.3 is 0 Å². The summed E-state index contributed by atoms with van der Waals surface area (Å²) in [6.45, 7) is 3.60. The largest absolute Gasteiger partial charge is 0.494 e. The average Bonchev–Trinajstić information content (AvgIpc) is 3.00. The lowest BCUT2D eigenvalue weighted by Gasteiger charge is -2.30. The van der Waals surface area contributed by atoms with Crippen LogP contribution in [0.25, 0.3) is 0 Å². The fourth-order valence-electron chi connectivity index (χ4n) is 3.70. The Balaban J connectivity index is 1.54. The molecule has 6 heteroatoms. The first kappa shape index (κ1) is 21.8. The predicted octanol–water partition coefficient (Wildman–Crippen LogP) is 3.50. The van der Waals surface area contributed by atoms with Crippen LogP contribution in [-0.4, -0.2) is 40.9 Å². The van der Waals surface area contributed by atoms with E-state index in [1.165, 1.54) is 5.56 Å². The molecule has 2 aromatic rings. The molecule has 1 atom stereocenters. The quantitative estimate of drug-likeness (QED) is 0.644. The predicted molar refractivity (Wildman–Crippen MR) is 116 cm³/mol. The van der Waals surface area contributed by atoms with Crippen molar-refractivity contribution >= 4 is 11.8 Å². The molecule has 0 bridgehead atoms. The third-order valence-electron chi connectivity index (χ3n) is 5.38. The van der Waals surface area contributed by atoms with E-state index in [1.54, 1.807) is 11.1 Å². The topological polar surface area (TPSA) is 71.5 Å². The van der Waals surface area contributed by atoms with Gasteiger partial charge in [-0.15, -0.1) is 0 Å². The molecule has 160 valence electrons. The summed E-state index contributed by atoms with van der Waals surface area (Å²) in [7, 11) is 0. The van der Waals surface area contributed by atoms with Crippen molar-refractivity contribution in [1.82, 2.24) is 15.2 Å². The molecule has 1 aliphatic heterocycles. The SMILES string of the molecule is CCC(=O)N(Cc1ccc(OCCCc2cccnc2)cc1)[C@H]1CCCCNC1=O. The number of pyridine rings is 1. The Kier molecular flexibility index (Phi) is 8.24. The average molecular weight is 410 g/mol. The zero-order valence-electron chi connectivity index (χ0n) is 17.7. The summed E-state index contributed by atoms with van der Waals surface area (Å²) in [6.07, 6.45) is 8.53. The van der Waals surface area contributed by atoms with Gasteiger partial charge in [-0.2, -0.15) is 0 Å². The number of aryl methyl sites for hydroxylation is 1. The Labute approximate surface area is 178 Å². The van der Waals surface area contributed by atoms with Crippen LogP contribution in [0.3, 0.4) is 0 Å². The molecule has 0 saturated carbocycles. The number of rotatable bonds is 9. The molecule has 0 unspecified atom stereocenters. The number of hydrogen-bond acceptors (Lipinski definition) is 4. The van der Waals surface area contributed by atoms with Crippen molar-refractivity contribution in [2.24, 2.45) is 0 Å². The highest BCUT2D eigenvalue weighted by molar-refractivity contribution is 5.87. The Morgan fingerprint density at radius 3 is 2.77 bits per heavy atom. The first-order valence-corrected chi connectivity index (χ1v) is 10.8. The van der Waals surface area contributed by atoms with E-state index in [-0.39, 0.29) is 17.9 Å². The monoisotopic (exact) mass is 409 g/mol. The maximum Gasteiger partial charge on any atom is 0.242 e. The molecule has 0 spiro atoms. The Hall–Kier alpha value is -2.89. The molecule has 0 aliphatic carbocycles. The highest BCUT2D eigenvalue weighted by Crippen LogP contribution is 2.19. The molecule has 2 heterocycles. The van der Waals surface area contributed by atoms with Crippen molar-refractivity contribution in [2.75, 3.05) is 13.2 Å². The minimum atomic E-state index is -0.386. The van der Waals surface area contributed by atoms with Crippen molar-refractivity contribution in [2.45, 2.75) is 58.0 Å². The van der Waals surface area contributed by atoms with E-state index >= 15 is 0 Å². The fraction of sp³-hybridized carbons (Fsp3) is 0.458. The van der Waals surface area contributed by atoms with Crippen LogP contribution in [0.2, 0.25) is 0 Å². The molecule has 1 aromatic carbocycles. The molecule has 2 amide bonds. The molecule has 30 heavy (non-hydrogen) atoms. The molecule has 1 fully saturated rings. The minimum absolute atomic E-state index is 0.00720. The van der Waals surface area contributed by atoms with E-state index in [0.717, 1.165) is 43.4 Å². The van der Waals surface area contributed by atoms with E-state index in [2.05, 4.69) is 16.4 Å². The van der Waals surface area contributed by atoms with Gasteiger partial charge in [-0.25, -0.2) is 0 Å². The lowest BCUT2D eigenvalue weighted by atomic mass is 10.1. The zero-order chi connectivity index (χ0) is 21.2. The lowest BCUT2D eigenvalue weighted by Crippen LogP contribution is -2.48. The van der Waals surface area contributed by atoms with Gasteiger partial charge in [-0.1, -0.05) is 25.1 Å². The van der Waals surface area contributed by atoms with Crippen LogP contribution >= 0.6 is 0 Å². The van der Waals surface area contributed by atoms with E-state index in [4.69, 9.17) is 4.74 Å².